The predicted octanol–water partition coefficient (Wildman–Crippen LogP) is -2.74. The van der Waals surface area contributed by atoms with Crippen LogP contribution in [0.25, 0.3) is 0 Å². The summed E-state index contributed by atoms with van der Waals surface area (Å²) in [5, 5.41) is 0. The molecule has 2 aliphatic rings. The molecule has 0 aromatic heterocycles. The Bertz CT molecular complexity index is 251. The van der Waals surface area contributed by atoms with E-state index in [-0.39, 0.29) is 44.4 Å². The third kappa shape index (κ3) is 3.91. The topological polar surface area (TPSA) is 9.23 Å². The van der Waals surface area contributed by atoms with E-state index in [4.69, 9.17) is 3.32 Å². The molecule has 4 heteroatoms. The second kappa shape index (κ2) is 7.92. The maximum Gasteiger partial charge on any atom is -1.00 e. The van der Waals surface area contributed by atoms with Gasteiger partial charge in [-0.05, 0) is 0 Å². The zero-order chi connectivity index (χ0) is 9.10. The standard InChI is InChI=1S/C9H11.C2H5O.2ClH.Ti/c1-2-5-9-7-3-6-8(9)4-1;1-2-3;;;/h3,6-7H,1-2,4-5H2;2H2,1H3;2*1H;/q;-1;;;+3/p-2. The van der Waals surface area contributed by atoms with Crippen LogP contribution in [0.3, 0.4) is 0 Å². The van der Waals surface area contributed by atoms with Gasteiger partial charge in [0.1, 0.15) is 0 Å². The summed E-state index contributed by atoms with van der Waals surface area (Å²) in [6, 6.07) is 0. The molecule has 15 heavy (non-hydrogen) atoms. The molecule has 0 aromatic carbocycles. The third-order valence-electron chi connectivity index (χ3n) is 2.77. The van der Waals surface area contributed by atoms with Crippen molar-refractivity contribution in [3.8, 4) is 0 Å². The first-order chi connectivity index (χ1) is 6.42. The average molecular weight is 283 g/mol. The van der Waals surface area contributed by atoms with E-state index in [1.165, 1.54) is 25.7 Å². The van der Waals surface area contributed by atoms with Crippen molar-refractivity contribution < 1.29 is 47.7 Å². The summed E-state index contributed by atoms with van der Waals surface area (Å²) in [5.74, 6) is 0. The minimum absolute atomic E-state index is 0. The number of hydrogen-bond donors (Lipinski definition) is 0. The van der Waals surface area contributed by atoms with Gasteiger partial charge in [-0.1, -0.05) is 0 Å². The molecule has 0 radical (unpaired) electrons. The predicted molar refractivity (Wildman–Crippen MR) is 50.0 cm³/mol. The van der Waals surface area contributed by atoms with Crippen LogP contribution in [-0.4, -0.2) is 6.61 Å². The molecule has 0 heterocycles. The Hall–Kier alpha value is 0.734. The van der Waals surface area contributed by atoms with E-state index in [1.807, 2.05) is 0 Å². The molecule has 0 aromatic rings. The van der Waals surface area contributed by atoms with Crippen molar-refractivity contribution in [1.82, 2.24) is 0 Å². The fraction of sp³-hybridized carbons (Fsp3) is 0.636. The molecule has 0 fully saturated rings. The van der Waals surface area contributed by atoms with Crippen LogP contribution in [0.4, 0.5) is 0 Å². The van der Waals surface area contributed by atoms with Gasteiger partial charge in [-0.25, -0.2) is 0 Å². The fourth-order valence-corrected chi connectivity index (χ4v) is 3.66. The summed E-state index contributed by atoms with van der Waals surface area (Å²) in [5.41, 5.74) is 3.36. The Kier molecular flexibility index (Phi) is 8.31. The zero-order valence-corrected chi connectivity index (χ0v) is 12.0. The second-order valence-corrected chi connectivity index (χ2v) is 5.44. The van der Waals surface area contributed by atoms with Crippen molar-refractivity contribution >= 4 is 0 Å². The molecular weight excluding hydrogens is 267 g/mol. The first-order valence-corrected chi connectivity index (χ1v) is 6.73. The molecule has 84 valence electrons. The van der Waals surface area contributed by atoms with Crippen molar-refractivity contribution in [2.24, 2.45) is 0 Å². The summed E-state index contributed by atoms with van der Waals surface area (Å²) in [6.45, 7) is 2.99. The Morgan fingerprint density at radius 3 is 2.80 bits per heavy atom. The molecular formula is C11H16Cl2OTi. The second-order valence-electron chi connectivity index (χ2n) is 3.65. The van der Waals surface area contributed by atoms with Crippen LogP contribution in [0.2, 0.25) is 4.22 Å². The largest absolute Gasteiger partial charge is 1.00 e. The van der Waals surface area contributed by atoms with Crippen LogP contribution < -0.4 is 24.8 Å². The first-order valence-electron chi connectivity index (χ1n) is 5.19. The number of rotatable bonds is 3. The van der Waals surface area contributed by atoms with Crippen LogP contribution in [0, 0.1) is 0 Å². The van der Waals surface area contributed by atoms with Gasteiger partial charge in [-0.2, -0.15) is 0 Å². The maximum absolute atomic E-state index is 5.61. The van der Waals surface area contributed by atoms with Crippen LogP contribution >= 0.6 is 0 Å². The molecule has 0 saturated heterocycles. The van der Waals surface area contributed by atoms with E-state index < -0.39 is 0 Å². The van der Waals surface area contributed by atoms with E-state index in [1.54, 1.807) is 11.1 Å². The molecule has 1 unspecified atom stereocenters. The van der Waals surface area contributed by atoms with E-state index >= 15 is 0 Å². The summed E-state index contributed by atoms with van der Waals surface area (Å²) >= 11 is -0.201. The zero-order valence-electron chi connectivity index (χ0n) is 8.93. The number of hydrogen-bond acceptors (Lipinski definition) is 1. The van der Waals surface area contributed by atoms with Gasteiger partial charge in [-0.15, -0.1) is 0 Å². The maximum atomic E-state index is 5.61. The molecule has 1 nitrogen and oxygen atoms in total. The van der Waals surface area contributed by atoms with Crippen LogP contribution in [0.5, 0.6) is 0 Å². The van der Waals surface area contributed by atoms with E-state index in [0.717, 1.165) is 10.8 Å². The Morgan fingerprint density at radius 1 is 1.33 bits per heavy atom. The van der Waals surface area contributed by atoms with Crippen molar-refractivity contribution in [3.63, 3.8) is 0 Å². The first kappa shape index (κ1) is 15.7. The minimum Gasteiger partial charge on any atom is -1.00 e. The van der Waals surface area contributed by atoms with E-state index in [9.17, 15) is 0 Å². The van der Waals surface area contributed by atoms with Gasteiger partial charge < -0.3 is 24.8 Å². The molecule has 2 rings (SSSR count). The van der Waals surface area contributed by atoms with Crippen LogP contribution in [0.15, 0.2) is 23.3 Å². The number of halogens is 2. The normalized spacial score (nSPS) is 22.6. The molecule has 1 atom stereocenters. The van der Waals surface area contributed by atoms with Gasteiger partial charge in [0.25, 0.3) is 0 Å². The molecule has 0 bridgehead atoms. The summed E-state index contributed by atoms with van der Waals surface area (Å²) in [7, 11) is 0. The SMILES string of the molecule is CC[O][Ti+2][CH]1C=CC2=C1CCCC2.[Cl-].[Cl-]. The molecule has 0 saturated carbocycles. The molecule has 0 aliphatic heterocycles. The van der Waals surface area contributed by atoms with Crippen molar-refractivity contribution in [2.45, 2.75) is 36.8 Å². The van der Waals surface area contributed by atoms with Crippen molar-refractivity contribution in [2.75, 3.05) is 6.61 Å². The quantitative estimate of drug-likeness (QED) is 0.511. The molecule has 0 N–H and O–H groups in total. The van der Waals surface area contributed by atoms with Gasteiger partial charge in [0.15, 0.2) is 0 Å². The van der Waals surface area contributed by atoms with Gasteiger partial charge in [0.2, 0.25) is 0 Å². The summed E-state index contributed by atoms with van der Waals surface area (Å²) in [6.07, 6.45) is 10.2. The van der Waals surface area contributed by atoms with Gasteiger partial charge in [0.05, 0.1) is 0 Å². The van der Waals surface area contributed by atoms with Crippen LogP contribution in [0.1, 0.15) is 32.6 Å². The van der Waals surface area contributed by atoms with E-state index in [2.05, 4.69) is 19.1 Å². The van der Waals surface area contributed by atoms with Gasteiger partial charge >= 0.3 is 89.6 Å². The monoisotopic (exact) mass is 282 g/mol. The smallest absolute Gasteiger partial charge is 1.00 e. The molecule has 0 amide bonds. The van der Waals surface area contributed by atoms with Crippen molar-refractivity contribution in [3.05, 3.63) is 23.3 Å². The minimum atomic E-state index is -0.201. The average Bonchev–Trinajstić information content (AvgIpc) is 2.58. The van der Waals surface area contributed by atoms with Gasteiger partial charge in [-0.3, -0.25) is 0 Å². The molecule has 0 spiro atoms. The summed E-state index contributed by atoms with van der Waals surface area (Å²) in [4.78, 5) is 0. The van der Waals surface area contributed by atoms with Gasteiger partial charge in [0, 0.05) is 0 Å². The third-order valence-corrected chi connectivity index (χ3v) is 4.73. The summed E-state index contributed by atoms with van der Waals surface area (Å²) < 4.78 is 6.34. The Labute approximate surface area is 114 Å². The Morgan fingerprint density at radius 2 is 2.07 bits per heavy atom. The fourth-order valence-electron chi connectivity index (χ4n) is 2.11. The molecule has 2 aliphatic carbocycles. The van der Waals surface area contributed by atoms with Crippen LogP contribution in [-0.2, 0) is 22.9 Å². The number of allylic oxidation sites excluding steroid dienone is 4. The van der Waals surface area contributed by atoms with E-state index in [0.29, 0.717) is 0 Å². The Balaban J connectivity index is 0.000000980. The van der Waals surface area contributed by atoms with Crippen molar-refractivity contribution in [1.29, 1.82) is 0 Å².